The van der Waals surface area contributed by atoms with Crippen molar-refractivity contribution in [3.8, 4) is 11.1 Å². The topological polar surface area (TPSA) is 75.6 Å². The van der Waals surface area contributed by atoms with E-state index in [1.165, 1.54) is 11.1 Å². The number of rotatable bonds is 8. The largest absolute Gasteiger partial charge is 0.481 e. The third-order valence-electron chi connectivity index (χ3n) is 7.84. The van der Waals surface area contributed by atoms with Gasteiger partial charge in [-0.15, -0.1) is 0 Å². The van der Waals surface area contributed by atoms with Crippen molar-refractivity contribution in [2.45, 2.75) is 50.5 Å². The summed E-state index contributed by atoms with van der Waals surface area (Å²) >= 11 is 0. The second-order valence-corrected chi connectivity index (χ2v) is 10.0. The van der Waals surface area contributed by atoms with E-state index < -0.39 is 24.0 Å². The number of alkyl carbamates (subject to hydrolysis) is 1. The van der Waals surface area contributed by atoms with E-state index in [9.17, 15) is 14.7 Å². The van der Waals surface area contributed by atoms with Gasteiger partial charge in [0, 0.05) is 12.0 Å². The van der Waals surface area contributed by atoms with Crippen LogP contribution in [0, 0.1) is 11.8 Å². The molecule has 0 spiro atoms. The van der Waals surface area contributed by atoms with Crippen molar-refractivity contribution in [3.05, 3.63) is 95.6 Å². The molecule has 3 aromatic carbocycles. The Balaban J connectivity index is 1.32. The lowest BCUT2D eigenvalue weighted by Crippen LogP contribution is -2.49. The molecule has 0 saturated heterocycles. The van der Waals surface area contributed by atoms with Crippen molar-refractivity contribution < 1.29 is 19.4 Å². The fourth-order valence-electron chi connectivity index (χ4n) is 6.05. The molecule has 0 aliphatic heterocycles. The van der Waals surface area contributed by atoms with Crippen LogP contribution in [0.15, 0.2) is 78.9 Å². The van der Waals surface area contributed by atoms with Gasteiger partial charge in [0.15, 0.2) is 0 Å². The number of carbonyl (C=O) groups is 2. The number of fused-ring (bicyclic) bond motifs is 3. The zero-order valence-electron chi connectivity index (χ0n) is 20.4. The minimum atomic E-state index is -0.881. The summed E-state index contributed by atoms with van der Waals surface area (Å²) in [6.07, 6.45) is 4.97. The van der Waals surface area contributed by atoms with Gasteiger partial charge in [-0.25, -0.2) is 4.79 Å². The first-order chi connectivity index (χ1) is 17.6. The number of carboxylic acid groups (broad SMARTS) is 1. The van der Waals surface area contributed by atoms with Gasteiger partial charge in [-0.1, -0.05) is 98.1 Å². The van der Waals surface area contributed by atoms with Crippen LogP contribution in [0.2, 0.25) is 0 Å². The third-order valence-corrected chi connectivity index (χ3v) is 7.84. The highest BCUT2D eigenvalue weighted by Crippen LogP contribution is 2.44. The molecule has 2 aliphatic rings. The Morgan fingerprint density at radius 1 is 0.833 bits per heavy atom. The Kier molecular flexibility index (Phi) is 7.36. The highest BCUT2D eigenvalue weighted by molar-refractivity contribution is 5.79. The van der Waals surface area contributed by atoms with Crippen LogP contribution < -0.4 is 5.32 Å². The number of amides is 1. The van der Waals surface area contributed by atoms with Crippen LogP contribution in [0.5, 0.6) is 0 Å². The number of hydrogen-bond acceptors (Lipinski definition) is 3. The number of carbonyl (C=O) groups excluding carboxylic acids is 1. The standard InChI is InChI=1S/C31H33NO4/c33-30(34)27(19-21-11-3-1-4-12-21)29(22-13-5-2-6-14-22)32-31(35)36-20-28-25-17-9-7-15-23(25)24-16-8-10-18-26(24)28/h1,3-4,7-12,15-18,22,27-29H,2,5-6,13-14,19-20H2,(H,32,35)(H,33,34). The molecule has 36 heavy (non-hydrogen) atoms. The summed E-state index contributed by atoms with van der Waals surface area (Å²) in [6, 6.07) is 25.6. The normalized spacial score (nSPS) is 17.0. The molecule has 5 heteroatoms. The van der Waals surface area contributed by atoms with Crippen LogP contribution in [-0.2, 0) is 16.0 Å². The summed E-state index contributed by atoms with van der Waals surface area (Å²) in [6.45, 7) is 0.216. The zero-order chi connectivity index (χ0) is 24.9. The van der Waals surface area contributed by atoms with Gasteiger partial charge >= 0.3 is 12.1 Å². The van der Waals surface area contributed by atoms with Gasteiger partial charge in [0.05, 0.1) is 5.92 Å². The average Bonchev–Trinajstić information content (AvgIpc) is 3.24. The summed E-state index contributed by atoms with van der Waals surface area (Å²) in [5.41, 5.74) is 5.62. The van der Waals surface area contributed by atoms with Gasteiger partial charge < -0.3 is 15.2 Å². The molecular weight excluding hydrogens is 450 g/mol. The lowest BCUT2D eigenvalue weighted by atomic mass is 9.77. The van der Waals surface area contributed by atoms with E-state index in [0.717, 1.165) is 48.8 Å². The van der Waals surface area contributed by atoms with E-state index in [2.05, 4.69) is 29.6 Å². The second-order valence-electron chi connectivity index (χ2n) is 10.0. The number of aliphatic carboxylic acids is 1. The fraction of sp³-hybridized carbons (Fsp3) is 0.355. The maximum absolute atomic E-state index is 13.1. The Morgan fingerprint density at radius 2 is 1.42 bits per heavy atom. The maximum atomic E-state index is 13.1. The Hall–Kier alpha value is -3.60. The van der Waals surface area contributed by atoms with Crippen LogP contribution in [0.4, 0.5) is 4.79 Å². The van der Waals surface area contributed by atoms with Crippen LogP contribution >= 0.6 is 0 Å². The summed E-state index contributed by atoms with van der Waals surface area (Å²) in [5.74, 6) is -1.50. The molecule has 2 atom stereocenters. The lowest BCUT2D eigenvalue weighted by molar-refractivity contribution is -0.143. The highest BCUT2D eigenvalue weighted by atomic mass is 16.5. The molecule has 0 radical (unpaired) electrons. The van der Waals surface area contributed by atoms with Crippen molar-refractivity contribution in [1.82, 2.24) is 5.32 Å². The first kappa shape index (κ1) is 24.1. The predicted molar refractivity (Wildman–Crippen MR) is 140 cm³/mol. The van der Waals surface area contributed by atoms with E-state index in [1.807, 2.05) is 54.6 Å². The quantitative estimate of drug-likeness (QED) is 0.388. The minimum Gasteiger partial charge on any atom is -0.481 e. The number of carboxylic acids is 1. The number of ether oxygens (including phenoxy) is 1. The van der Waals surface area contributed by atoms with Crippen LogP contribution in [-0.4, -0.2) is 29.8 Å². The first-order valence-corrected chi connectivity index (χ1v) is 13.0. The summed E-state index contributed by atoms with van der Waals surface area (Å²) in [5, 5.41) is 13.2. The van der Waals surface area contributed by atoms with Gasteiger partial charge in [-0.05, 0) is 53.0 Å². The number of hydrogen-bond donors (Lipinski definition) is 2. The van der Waals surface area contributed by atoms with Crippen molar-refractivity contribution in [2.24, 2.45) is 11.8 Å². The Morgan fingerprint density at radius 3 is 2.03 bits per heavy atom. The maximum Gasteiger partial charge on any atom is 0.407 e. The minimum absolute atomic E-state index is 0.0316. The molecule has 5 rings (SSSR count). The molecule has 0 aromatic heterocycles. The first-order valence-electron chi connectivity index (χ1n) is 13.0. The zero-order valence-corrected chi connectivity index (χ0v) is 20.4. The molecule has 186 valence electrons. The highest BCUT2D eigenvalue weighted by Gasteiger charge is 2.37. The van der Waals surface area contributed by atoms with Crippen molar-refractivity contribution in [1.29, 1.82) is 0 Å². The van der Waals surface area contributed by atoms with Gasteiger partial charge in [0.25, 0.3) is 0 Å². The van der Waals surface area contributed by atoms with Gasteiger partial charge in [0.2, 0.25) is 0 Å². The molecule has 0 bridgehead atoms. The van der Waals surface area contributed by atoms with Crippen LogP contribution in [0.3, 0.4) is 0 Å². The van der Waals surface area contributed by atoms with E-state index >= 15 is 0 Å². The molecule has 2 unspecified atom stereocenters. The lowest BCUT2D eigenvalue weighted by Gasteiger charge is -2.34. The molecule has 2 N–H and O–H groups in total. The molecule has 2 aliphatic carbocycles. The molecule has 3 aromatic rings. The summed E-state index contributed by atoms with van der Waals surface area (Å²) in [4.78, 5) is 25.5. The number of nitrogens with one attached hydrogen (secondary N) is 1. The molecular formula is C31H33NO4. The molecule has 1 saturated carbocycles. The molecule has 1 fully saturated rings. The summed E-state index contributed by atoms with van der Waals surface area (Å²) < 4.78 is 5.80. The van der Waals surface area contributed by atoms with Crippen LogP contribution in [0.1, 0.15) is 54.7 Å². The predicted octanol–water partition coefficient (Wildman–Crippen LogP) is 6.42. The van der Waals surface area contributed by atoms with E-state index in [1.54, 1.807) is 0 Å². The number of benzene rings is 3. The molecule has 5 nitrogen and oxygen atoms in total. The average molecular weight is 484 g/mol. The van der Waals surface area contributed by atoms with Gasteiger partial charge in [0.1, 0.15) is 6.61 Å². The van der Waals surface area contributed by atoms with Crippen molar-refractivity contribution in [3.63, 3.8) is 0 Å². The smallest absolute Gasteiger partial charge is 0.407 e. The fourth-order valence-corrected chi connectivity index (χ4v) is 6.05. The van der Waals surface area contributed by atoms with Gasteiger partial charge in [-0.2, -0.15) is 0 Å². The summed E-state index contributed by atoms with van der Waals surface area (Å²) in [7, 11) is 0. The third kappa shape index (κ3) is 5.15. The van der Waals surface area contributed by atoms with Gasteiger partial charge in [-0.3, -0.25) is 4.79 Å². The SMILES string of the molecule is O=C(NC(C1CCCCC1)C(Cc1ccccc1)C(=O)O)OCC1c2ccccc2-c2ccccc21. The van der Waals surface area contributed by atoms with E-state index in [4.69, 9.17) is 4.74 Å². The second kappa shape index (κ2) is 11.0. The van der Waals surface area contributed by atoms with E-state index in [0.29, 0.717) is 6.42 Å². The Bertz CT molecular complexity index is 1160. The van der Waals surface area contributed by atoms with Crippen LogP contribution in [0.25, 0.3) is 11.1 Å². The van der Waals surface area contributed by atoms with Crippen molar-refractivity contribution >= 4 is 12.1 Å². The Labute approximate surface area is 212 Å². The monoisotopic (exact) mass is 483 g/mol. The van der Waals surface area contributed by atoms with Crippen molar-refractivity contribution in [2.75, 3.05) is 6.61 Å². The van der Waals surface area contributed by atoms with E-state index in [-0.39, 0.29) is 18.4 Å². The molecule has 1 amide bonds. The molecule has 0 heterocycles.